The number of amides is 3. The molecule has 3 amide bonds. The number of aryl methyl sites for hydroxylation is 1. The Morgan fingerprint density at radius 3 is 2.45 bits per heavy atom. The molecular weight excluding hydrogens is 412 g/mol. The molecule has 4 bridgehead atoms. The summed E-state index contributed by atoms with van der Waals surface area (Å²) in [4.78, 5) is 29.8. The van der Waals surface area contributed by atoms with Crippen molar-refractivity contribution in [3.05, 3.63) is 11.4 Å². The molecule has 1 aromatic rings. The van der Waals surface area contributed by atoms with Crippen LogP contribution in [0.5, 0.6) is 0 Å². The first kappa shape index (κ1) is 21.3. The fraction of sp³-hybridized carbons (Fsp3) is 0.783. The van der Waals surface area contributed by atoms with Crippen molar-refractivity contribution in [2.75, 3.05) is 12.4 Å². The van der Waals surface area contributed by atoms with E-state index in [1.165, 1.54) is 31.0 Å². The molecule has 6 rings (SSSR count). The molecule has 2 N–H and O–H groups in total. The van der Waals surface area contributed by atoms with Gasteiger partial charge in [-0.05, 0) is 83.0 Å². The summed E-state index contributed by atoms with van der Waals surface area (Å²) in [6.07, 6.45) is 9.59. The number of urea groups is 1. The zero-order chi connectivity index (χ0) is 21.6. The van der Waals surface area contributed by atoms with Crippen LogP contribution >= 0.6 is 11.8 Å². The van der Waals surface area contributed by atoms with Gasteiger partial charge < -0.3 is 14.6 Å². The number of rotatable bonds is 6. The van der Waals surface area contributed by atoms with E-state index in [0.29, 0.717) is 0 Å². The highest BCUT2D eigenvalue weighted by Crippen LogP contribution is 2.55. The predicted molar refractivity (Wildman–Crippen MR) is 119 cm³/mol. The van der Waals surface area contributed by atoms with Crippen LogP contribution in [0.4, 0.5) is 4.79 Å². The molecule has 1 aromatic heterocycles. The fourth-order valence-electron chi connectivity index (χ4n) is 6.77. The summed E-state index contributed by atoms with van der Waals surface area (Å²) >= 11 is 1.39. The van der Waals surface area contributed by atoms with Gasteiger partial charge in [0.05, 0.1) is 24.1 Å². The lowest BCUT2D eigenvalue weighted by Crippen LogP contribution is -2.61. The summed E-state index contributed by atoms with van der Waals surface area (Å²) in [5.41, 5.74) is 2.00. The van der Waals surface area contributed by atoms with Crippen LogP contribution in [-0.2, 0) is 16.1 Å². The van der Waals surface area contributed by atoms with Crippen LogP contribution in [0.3, 0.4) is 0 Å². The molecule has 7 nitrogen and oxygen atoms in total. The van der Waals surface area contributed by atoms with E-state index in [2.05, 4.69) is 27.1 Å². The van der Waals surface area contributed by atoms with Gasteiger partial charge in [-0.1, -0.05) is 11.8 Å². The van der Waals surface area contributed by atoms with Gasteiger partial charge in [0.15, 0.2) is 5.16 Å². The smallest absolute Gasteiger partial charge is 0.321 e. The average Bonchev–Trinajstić information content (AvgIpc) is 3.29. The van der Waals surface area contributed by atoms with E-state index >= 15 is 0 Å². The van der Waals surface area contributed by atoms with Crippen molar-refractivity contribution in [1.29, 1.82) is 0 Å². The lowest BCUT2D eigenvalue weighted by Gasteiger charge is -2.56. The van der Waals surface area contributed by atoms with Gasteiger partial charge >= 0.3 is 6.03 Å². The van der Waals surface area contributed by atoms with Gasteiger partial charge in [0.1, 0.15) is 0 Å². The summed E-state index contributed by atoms with van der Waals surface area (Å²) < 4.78 is 7.93. The molecular formula is C23H34N4O3S. The van der Waals surface area contributed by atoms with E-state index in [4.69, 9.17) is 4.74 Å². The average molecular weight is 447 g/mol. The van der Waals surface area contributed by atoms with Crippen LogP contribution in [0, 0.1) is 31.6 Å². The highest BCUT2D eigenvalue weighted by atomic mass is 32.2. The van der Waals surface area contributed by atoms with E-state index < -0.39 is 0 Å². The molecule has 8 heteroatoms. The fourth-order valence-corrected chi connectivity index (χ4v) is 7.67. The minimum atomic E-state index is -0.331. The van der Waals surface area contributed by atoms with Crippen molar-refractivity contribution in [1.82, 2.24) is 20.2 Å². The zero-order valence-electron chi connectivity index (χ0n) is 18.6. The van der Waals surface area contributed by atoms with Gasteiger partial charge in [-0.3, -0.25) is 10.1 Å². The number of nitrogens with zero attached hydrogens (tertiary/aromatic N) is 2. The number of ether oxygens (including phenoxy) is 1. The molecule has 4 saturated carbocycles. The number of carbonyl (C=O) groups excluding carboxylic acids is 2. The maximum Gasteiger partial charge on any atom is 0.321 e. The minimum Gasteiger partial charge on any atom is -0.376 e. The second-order valence-electron chi connectivity index (χ2n) is 10.3. The Balaban J connectivity index is 1.14. The minimum absolute atomic E-state index is 0.0853. The Kier molecular flexibility index (Phi) is 5.79. The number of thioether (sulfide) groups is 1. The normalized spacial score (nSPS) is 33.6. The van der Waals surface area contributed by atoms with Crippen molar-refractivity contribution >= 4 is 23.7 Å². The van der Waals surface area contributed by atoms with Gasteiger partial charge in [0.2, 0.25) is 5.91 Å². The van der Waals surface area contributed by atoms with Crippen LogP contribution in [0.25, 0.3) is 0 Å². The molecule has 1 unspecified atom stereocenters. The molecule has 5 fully saturated rings. The number of nitrogens with one attached hydrogen (secondary N) is 2. The first-order valence-electron chi connectivity index (χ1n) is 11.8. The summed E-state index contributed by atoms with van der Waals surface area (Å²) in [5, 5.41) is 6.60. The lowest BCUT2D eigenvalue weighted by molar-refractivity contribution is -0.117. The molecule has 1 atom stereocenters. The van der Waals surface area contributed by atoms with Gasteiger partial charge in [-0.25, -0.2) is 9.78 Å². The van der Waals surface area contributed by atoms with Gasteiger partial charge in [0, 0.05) is 17.8 Å². The first-order valence-corrected chi connectivity index (χ1v) is 12.8. The second kappa shape index (κ2) is 8.43. The number of hydrogen-bond acceptors (Lipinski definition) is 5. The maximum absolute atomic E-state index is 12.6. The Morgan fingerprint density at radius 1 is 1.16 bits per heavy atom. The second-order valence-corrected chi connectivity index (χ2v) is 11.2. The number of imidazole rings is 1. The van der Waals surface area contributed by atoms with E-state index in [1.807, 2.05) is 6.92 Å². The molecule has 1 aliphatic heterocycles. The number of imide groups is 1. The van der Waals surface area contributed by atoms with Crippen molar-refractivity contribution in [3.63, 3.8) is 0 Å². The third-order valence-electron chi connectivity index (χ3n) is 7.84. The van der Waals surface area contributed by atoms with Crippen LogP contribution in [0.15, 0.2) is 5.16 Å². The summed E-state index contributed by atoms with van der Waals surface area (Å²) in [5.74, 6) is 2.18. The molecule has 4 aliphatic carbocycles. The zero-order valence-corrected chi connectivity index (χ0v) is 19.4. The Hall–Kier alpha value is -1.54. The summed E-state index contributed by atoms with van der Waals surface area (Å²) in [6, 6.07) is -0.331. The number of aromatic nitrogens is 2. The van der Waals surface area contributed by atoms with Gasteiger partial charge in [-0.2, -0.15) is 0 Å². The van der Waals surface area contributed by atoms with E-state index in [-0.39, 0.29) is 29.3 Å². The van der Waals surface area contributed by atoms with Crippen molar-refractivity contribution in [2.24, 2.45) is 17.8 Å². The van der Waals surface area contributed by atoms with Crippen molar-refractivity contribution < 1.29 is 14.3 Å². The molecule has 2 heterocycles. The standard InChI is InChI=1S/C23H34N4O3S/c1-14-15(2)27(12-19-4-3-5-30-19)22(24-14)31-13-20(28)25-21(29)26-23-9-16-6-17(10-23)8-18(7-16)11-23/h16-19H,3-13H2,1-2H3,(H2,25,26,28,29). The van der Waals surface area contributed by atoms with Gasteiger partial charge in [0.25, 0.3) is 0 Å². The Labute approximate surface area is 188 Å². The molecule has 0 spiro atoms. The first-order chi connectivity index (χ1) is 14.9. The summed E-state index contributed by atoms with van der Waals surface area (Å²) in [7, 11) is 0. The molecule has 170 valence electrons. The van der Waals surface area contributed by atoms with Crippen LogP contribution in [-0.4, -0.2) is 45.5 Å². The third-order valence-corrected chi connectivity index (χ3v) is 8.81. The monoisotopic (exact) mass is 446 g/mol. The Bertz CT molecular complexity index is 826. The number of hydrogen-bond donors (Lipinski definition) is 2. The van der Waals surface area contributed by atoms with Crippen LogP contribution in [0.2, 0.25) is 0 Å². The van der Waals surface area contributed by atoms with Gasteiger partial charge in [-0.15, -0.1) is 0 Å². The van der Waals surface area contributed by atoms with Crippen molar-refractivity contribution in [3.8, 4) is 0 Å². The highest BCUT2D eigenvalue weighted by molar-refractivity contribution is 7.99. The highest BCUT2D eigenvalue weighted by Gasteiger charge is 2.51. The topological polar surface area (TPSA) is 85.3 Å². The largest absolute Gasteiger partial charge is 0.376 e. The SMILES string of the molecule is Cc1nc(SCC(=O)NC(=O)NC23CC4CC(CC(C4)C2)C3)n(CC2CCCO2)c1C. The van der Waals surface area contributed by atoms with E-state index in [9.17, 15) is 9.59 Å². The molecule has 0 aromatic carbocycles. The quantitative estimate of drug-likeness (QED) is 0.653. The van der Waals surface area contributed by atoms with Crippen molar-refractivity contribution in [2.45, 2.75) is 88.6 Å². The van der Waals surface area contributed by atoms with E-state index in [0.717, 1.165) is 79.6 Å². The van der Waals surface area contributed by atoms with Crippen LogP contribution in [0.1, 0.15) is 62.8 Å². The van der Waals surface area contributed by atoms with Crippen LogP contribution < -0.4 is 10.6 Å². The Morgan fingerprint density at radius 2 is 1.84 bits per heavy atom. The predicted octanol–water partition coefficient (Wildman–Crippen LogP) is 3.57. The molecule has 5 aliphatic rings. The number of carbonyl (C=O) groups is 2. The molecule has 31 heavy (non-hydrogen) atoms. The lowest BCUT2D eigenvalue weighted by atomic mass is 9.53. The summed E-state index contributed by atoms with van der Waals surface area (Å²) in [6.45, 7) is 5.63. The third kappa shape index (κ3) is 4.51. The molecule has 1 saturated heterocycles. The molecule has 0 radical (unpaired) electrons. The maximum atomic E-state index is 12.6. The van der Waals surface area contributed by atoms with E-state index in [1.54, 1.807) is 0 Å².